The van der Waals surface area contributed by atoms with Crippen LogP contribution in [0.3, 0.4) is 0 Å². The van der Waals surface area contributed by atoms with Gasteiger partial charge in [0.1, 0.15) is 0 Å². The van der Waals surface area contributed by atoms with E-state index >= 15 is 0 Å². The third kappa shape index (κ3) is 3.14. The number of hydrogen-bond donors (Lipinski definition) is 3. The third-order valence-electron chi connectivity index (χ3n) is 10.2. The molecule has 0 aromatic rings. The van der Waals surface area contributed by atoms with Crippen LogP contribution < -0.4 is 0 Å². The zero-order valence-electron chi connectivity index (χ0n) is 17.9. The Hall–Kier alpha value is -0.610. The molecule has 0 spiro atoms. The van der Waals surface area contributed by atoms with E-state index in [1.165, 1.54) is 25.7 Å². The van der Waals surface area contributed by atoms with Gasteiger partial charge in [-0.15, -0.1) is 0 Å². The number of carboxylic acids is 1. The van der Waals surface area contributed by atoms with Crippen LogP contribution >= 0.6 is 0 Å². The Morgan fingerprint density at radius 2 is 1.64 bits per heavy atom. The van der Waals surface area contributed by atoms with Gasteiger partial charge in [-0.05, 0) is 104 Å². The Balaban J connectivity index is 1.55. The summed E-state index contributed by atoms with van der Waals surface area (Å²) < 4.78 is 0. The standard InChI is InChI=1S/C24H40O4/c1-14(4-7-22(27)28)17-5-6-18-16-13-21(26)20-12-15(25)8-10-24(20,3)19(16)9-11-23(17,18)2/h14-21,25-26H,4-13H2,1-3H3,(H,27,28)/t14?,15?,16-,17+,18?,19?,20-,21?,23+,24+/m0/s1. The van der Waals surface area contributed by atoms with Crippen LogP contribution in [0.4, 0.5) is 0 Å². The number of carbonyl (C=O) groups is 1. The van der Waals surface area contributed by atoms with Gasteiger partial charge in [-0.25, -0.2) is 0 Å². The zero-order chi connectivity index (χ0) is 20.3. The first kappa shape index (κ1) is 20.7. The molecule has 0 saturated heterocycles. The molecule has 5 unspecified atom stereocenters. The molecule has 3 N–H and O–H groups in total. The van der Waals surface area contributed by atoms with Crippen molar-refractivity contribution in [3.63, 3.8) is 0 Å². The first-order valence-electron chi connectivity index (χ1n) is 11.7. The second-order valence-corrected chi connectivity index (χ2v) is 11.4. The summed E-state index contributed by atoms with van der Waals surface area (Å²) in [6.45, 7) is 7.16. The second kappa shape index (κ2) is 7.27. The number of carboxylic acid groups (broad SMARTS) is 1. The van der Waals surface area contributed by atoms with Crippen LogP contribution in [0, 0.1) is 46.3 Å². The monoisotopic (exact) mass is 392 g/mol. The van der Waals surface area contributed by atoms with E-state index in [0.717, 1.165) is 32.1 Å². The number of aliphatic hydroxyl groups excluding tert-OH is 2. The molecule has 4 nitrogen and oxygen atoms in total. The Kier molecular flexibility index (Phi) is 5.36. The summed E-state index contributed by atoms with van der Waals surface area (Å²) in [4.78, 5) is 11.1. The van der Waals surface area contributed by atoms with Gasteiger partial charge < -0.3 is 15.3 Å². The number of rotatable bonds is 4. The third-order valence-corrected chi connectivity index (χ3v) is 10.2. The molecule has 0 amide bonds. The summed E-state index contributed by atoms with van der Waals surface area (Å²) in [5, 5.41) is 30.4. The minimum absolute atomic E-state index is 0.176. The van der Waals surface area contributed by atoms with Crippen LogP contribution in [-0.2, 0) is 4.79 Å². The van der Waals surface area contributed by atoms with Crippen molar-refractivity contribution < 1.29 is 20.1 Å². The van der Waals surface area contributed by atoms with Gasteiger partial charge in [-0.1, -0.05) is 20.8 Å². The van der Waals surface area contributed by atoms with Crippen molar-refractivity contribution in [2.75, 3.05) is 0 Å². The molecule has 0 bridgehead atoms. The van der Waals surface area contributed by atoms with Gasteiger partial charge in [0, 0.05) is 6.42 Å². The van der Waals surface area contributed by atoms with Gasteiger partial charge in [0.05, 0.1) is 12.2 Å². The van der Waals surface area contributed by atoms with E-state index in [0.29, 0.717) is 35.0 Å². The van der Waals surface area contributed by atoms with Crippen LogP contribution in [0.5, 0.6) is 0 Å². The molecular formula is C24H40O4. The highest BCUT2D eigenvalue weighted by Crippen LogP contribution is 2.68. The molecule has 28 heavy (non-hydrogen) atoms. The normalized spacial score (nSPS) is 51.7. The fourth-order valence-electron chi connectivity index (χ4n) is 8.81. The topological polar surface area (TPSA) is 77.8 Å². The lowest BCUT2D eigenvalue weighted by molar-refractivity contribution is -0.172. The quantitative estimate of drug-likeness (QED) is 0.659. The lowest BCUT2D eigenvalue weighted by atomic mass is 9.44. The number of aliphatic hydroxyl groups is 2. The van der Waals surface area contributed by atoms with Gasteiger partial charge in [0.15, 0.2) is 0 Å². The van der Waals surface area contributed by atoms with E-state index in [1.807, 2.05) is 0 Å². The van der Waals surface area contributed by atoms with E-state index < -0.39 is 5.97 Å². The van der Waals surface area contributed by atoms with E-state index in [2.05, 4.69) is 20.8 Å². The summed E-state index contributed by atoms with van der Waals surface area (Å²) >= 11 is 0. The molecule has 0 heterocycles. The van der Waals surface area contributed by atoms with Crippen molar-refractivity contribution in [2.45, 2.75) is 97.2 Å². The number of hydrogen-bond acceptors (Lipinski definition) is 3. The average Bonchev–Trinajstić information content (AvgIpc) is 2.99. The SMILES string of the molecule is CC(CCC(=O)O)[C@H]1CCC2[C@@H]3CC(O)[C@@H]4CC(O)CC[C@]4(C)C3CC[C@@]21C. The summed E-state index contributed by atoms with van der Waals surface area (Å²) in [6.07, 6.45) is 9.16. The van der Waals surface area contributed by atoms with E-state index in [-0.39, 0.29) is 30.0 Å². The van der Waals surface area contributed by atoms with Gasteiger partial charge >= 0.3 is 5.97 Å². The first-order valence-corrected chi connectivity index (χ1v) is 11.7. The molecule has 0 radical (unpaired) electrons. The Labute approximate surface area is 170 Å². The maximum atomic E-state index is 11.1. The maximum Gasteiger partial charge on any atom is 0.303 e. The molecule has 4 fully saturated rings. The molecule has 4 aliphatic rings. The molecule has 0 aromatic heterocycles. The molecule has 160 valence electrons. The molecule has 4 aliphatic carbocycles. The Morgan fingerprint density at radius 1 is 0.964 bits per heavy atom. The van der Waals surface area contributed by atoms with Crippen LogP contribution in [0.2, 0.25) is 0 Å². The van der Waals surface area contributed by atoms with Crippen LogP contribution in [0.25, 0.3) is 0 Å². The molecule has 10 atom stereocenters. The molecule has 0 aromatic carbocycles. The van der Waals surface area contributed by atoms with Crippen molar-refractivity contribution in [1.29, 1.82) is 0 Å². The zero-order valence-corrected chi connectivity index (χ0v) is 17.9. The molecule has 4 rings (SSSR count). The average molecular weight is 393 g/mol. The Bertz CT molecular complexity index is 605. The van der Waals surface area contributed by atoms with Crippen LogP contribution in [0.15, 0.2) is 0 Å². The minimum Gasteiger partial charge on any atom is -0.481 e. The Morgan fingerprint density at radius 3 is 2.36 bits per heavy atom. The molecule has 0 aliphatic heterocycles. The molecule has 4 saturated carbocycles. The fraction of sp³-hybridized carbons (Fsp3) is 0.958. The van der Waals surface area contributed by atoms with E-state index in [9.17, 15) is 15.0 Å². The lowest BCUT2D eigenvalue weighted by Gasteiger charge is -2.62. The summed E-state index contributed by atoms with van der Waals surface area (Å²) in [7, 11) is 0. The van der Waals surface area contributed by atoms with Crippen molar-refractivity contribution in [3.05, 3.63) is 0 Å². The molecular weight excluding hydrogens is 352 g/mol. The fourth-order valence-corrected chi connectivity index (χ4v) is 8.81. The number of fused-ring (bicyclic) bond motifs is 5. The summed E-state index contributed by atoms with van der Waals surface area (Å²) in [6, 6.07) is 0. The van der Waals surface area contributed by atoms with Gasteiger partial charge in [-0.3, -0.25) is 4.79 Å². The second-order valence-electron chi connectivity index (χ2n) is 11.4. The summed E-state index contributed by atoms with van der Waals surface area (Å²) in [5.41, 5.74) is 0.478. The first-order chi connectivity index (χ1) is 13.2. The van der Waals surface area contributed by atoms with Crippen molar-refractivity contribution in [1.82, 2.24) is 0 Å². The van der Waals surface area contributed by atoms with E-state index in [1.54, 1.807) is 0 Å². The van der Waals surface area contributed by atoms with Gasteiger partial charge in [0.25, 0.3) is 0 Å². The van der Waals surface area contributed by atoms with Crippen LogP contribution in [0.1, 0.15) is 85.0 Å². The summed E-state index contributed by atoms with van der Waals surface area (Å²) in [5.74, 6) is 2.61. The smallest absolute Gasteiger partial charge is 0.303 e. The minimum atomic E-state index is -0.677. The number of aliphatic carboxylic acids is 1. The predicted molar refractivity (Wildman–Crippen MR) is 109 cm³/mol. The highest BCUT2D eigenvalue weighted by atomic mass is 16.4. The predicted octanol–water partition coefficient (Wildman–Crippen LogP) is 4.48. The highest BCUT2D eigenvalue weighted by molar-refractivity contribution is 5.66. The lowest BCUT2D eigenvalue weighted by Crippen LogP contribution is -2.58. The van der Waals surface area contributed by atoms with Crippen molar-refractivity contribution >= 4 is 5.97 Å². The van der Waals surface area contributed by atoms with Crippen molar-refractivity contribution in [3.8, 4) is 0 Å². The van der Waals surface area contributed by atoms with Gasteiger partial charge in [0.2, 0.25) is 0 Å². The van der Waals surface area contributed by atoms with E-state index in [4.69, 9.17) is 5.11 Å². The van der Waals surface area contributed by atoms with Gasteiger partial charge in [-0.2, -0.15) is 0 Å². The van der Waals surface area contributed by atoms with Crippen molar-refractivity contribution in [2.24, 2.45) is 46.3 Å². The molecule has 4 heteroatoms. The largest absolute Gasteiger partial charge is 0.481 e. The van der Waals surface area contributed by atoms with Crippen LogP contribution in [-0.4, -0.2) is 33.5 Å². The maximum absolute atomic E-state index is 11.1. The highest BCUT2D eigenvalue weighted by Gasteiger charge is 2.62.